The van der Waals surface area contributed by atoms with Crippen LogP contribution >= 0.6 is 0 Å². The van der Waals surface area contributed by atoms with Gasteiger partial charge in [0.25, 0.3) is 0 Å². The number of nitrogens with one attached hydrogen (secondary N) is 3. The van der Waals surface area contributed by atoms with Gasteiger partial charge in [-0.1, -0.05) is 59.8 Å². The molecule has 4 aromatic carbocycles. The van der Waals surface area contributed by atoms with Crippen molar-refractivity contribution in [1.82, 2.24) is 25.3 Å². The van der Waals surface area contributed by atoms with Gasteiger partial charge in [0.05, 0.1) is 22.8 Å². The van der Waals surface area contributed by atoms with Crippen molar-refractivity contribution in [2.24, 2.45) is 5.73 Å². The molecule has 1 amide bonds. The Bertz CT molecular complexity index is 2250. The van der Waals surface area contributed by atoms with Gasteiger partial charge in [0, 0.05) is 42.7 Å². The number of nitrogens with zero attached hydrogens (tertiary/aromatic N) is 3. The summed E-state index contributed by atoms with van der Waals surface area (Å²) in [6.07, 6.45) is 4.59. The summed E-state index contributed by atoms with van der Waals surface area (Å²) in [5.74, 6) is -0.0416. The number of unbranched alkanes of at least 4 members (excludes halogenated alkanes) is 1. The fourth-order valence-electron chi connectivity index (χ4n) is 7.11. The lowest BCUT2D eigenvalue weighted by Crippen LogP contribution is -2.32. The van der Waals surface area contributed by atoms with Crippen molar-refractivity contribution in [2.45, 2.75) is 76.3 Å². The lowest BCUT2D eigenvalue weighted by Gasteiger charge is -2.26. The summed E-state index contributed by atoms with van der Waals surface area (Å²) in [4.78, 5) is 27.3. The highest BCUT2D eigenvalue weighted by Gasteiger charge is 2.22. The first-order valence-electron chi connectivity index (χ1n) is 18.3. The summed E-state index contributed by atoms with van der Waals surface area (Å²) < 4.78 is 7.70. The quantitative estimate of drug-likeness (QED) is 0.0747. The summed E-state index contributed by atoms with van der Waals surface area (Å²) in [5, 5.41) is 36.8. The second-order valence-electron chi connectivity index (χ2n) is 13.8. The number of carbonyl (C=O) groups is 1. The standard InChI is InChI=1S/C41H45N7O5/c42-29-11-13-30(14-12-29)53-41(52)44-34-22-26(9-15-31(34)28-7-2-1-3-8-28)6-4-5-21-48-36-18-10-27(23-35(36)46-47-48)24-43-25-38(50)32-16-19-37(49)40-33(32)17-20-39(51)45-40/h1-3,7-10,15-20,22-23,29-30,38,43,49-50H,4-6,11-14,21,24-25,42H2,(H,44,52)(H,45,51)/t29-,30-,38-/m0/s1. The number of pyridine rings is 1. The maximum absolute atomic E-state index is 13.0. The summed E-state index contributed by atoms with van der Waals surface area (Å²) in [6, 6.07) is 28.6. The van der Waals surface area contributed by atoms with Crippen LogP contribution in [0.25, 0.3) is 33.1 Å². The number of hydrogen-bond acceptors (Lipinski definition) is 9. The normalized spacial score (nSPS) is 16.5. The first-order valence-corrected chi connectivity index (χ1v) is 18.3. The molecular formula is C41H45N7O5. The van der Waals surface area contributed by atoms with E-state index in [-0.39, 0.29) is 30.0 Å². The highest BCUT2D eigenvalue weighted by Crippen LogP contribution is 2.31. The van der Waals surface area contributed by atoms with Crippen LogP contribution in [-0.4, -0.2) is 55.0 Å². The number of fused-ring (bicyclic) bond motifs is 2. The van der Waals surface area contributed by atoms with E-state index in [0.29, 0.717) is 23.0 Å². The molecule has 1 fully saturated rings. The second-order valence-corrected chi connectivity index (χ2v) is 13.8. The average molecular weight is 716 g/mol. The zero-order chi connectivity index (χ0) is 36.7. The van der Waals surface area contributed by atoms with Gasteiger partial charge in [0.15, 0.2) is 0 Å². The van der Waals surface area contributed by atoms with Crippen LogP contribution in [0.4, 0.5) is 10.5 Å². The number of amides is 1. The first-order chi connectivity index (χ1) is 25.8. The average Bonchev–Trinajstić information content (AvgIpc) is 3.57. The molecule has 53 heavy (non-hydrogen) atoms. The number of benzene rings is 4. The van der Waals surface area contributed by atoms with Crippen molar-refractivity contribution >= 4 is 33.7 Å². The number of hydrogen-bond donors (Lipinski definition) is 6. The van der Waals surface area contributed by atoms with Crippen LogP contribution in [0, 0.1) is 0 Å². The number of nitrogens with two attached hydrogens (primary N) is 1. The molecule has 1 aliphatic carbocycles. The minimum atomic E-state index is -0.846. The smallest absolute Gasteiger partial charge is 0.411 e. The van der Waals surface area contributed by atoms with E-state index < -0.39 is 12.2 Å². The van der Waals surface area contributed by atoms with E-state index in [9.17, 15) is 19.8 Å². The maximum Gasteiger partial charge on any atom is 0.411 e. The number of ether oxygens (including phenoxy) is 1. The van der Waals surface area contributed by atoms with E-state index in [1.807, 2.05) is 53.2 Å². The number of aryl methyl sites for hydroxylation is 2. The zero-order valence-electron chi connectivity index (χ0n) is 29.5. The van der Waals surface area contributed by atoms with Crippen LogP contribution in [-0.2, 0) is 24.2 Å². The molecule has 1 saturated carbocycles. The Balaban J connectivity index is 0.924. The van der Waals surface area contributed by atoms with Crippen molar-refractivity contribution in [3.8, 4) is 16.9 Å². The molecule has 0 radical (unpaired) electrons. The number of aromatic hydroxyl groups is 1. The van der Waals surface area contributed by atoms with Crippen molar-refractivity contribution in [1.29, 1.82) is 0 Å². The topological polar surface area (TPSA) is 180 Å². The molecule has 6 aromatic rings. The number of H-pyrrole nitrogens is 1. The van der Waals surface area contributed by atoms with E-state index in [1.54, 1.807) is 12.1 Å². The molecule has 12 nitrogen and oxygen atoms in total. The molecule has 274 valence electrons. The van der Waals surface area contributed by atoms with Gasteiger partial charge >= 0.3 is 6.09 Å². The fourth-order valence-corrected chi connectivity index (χ4v) is 7.11. The van der Waals surface area contributed by atoms with Crippen LogP contribution in [0.3, 0.4) is 0 Å². The van der Waals surface area contributed by atoms with E-state index in [1.165, 1.54) is 12.1 Å². The largest absolute Gasteiger partial charge is 0.506 e. The lowest BCUT2D eigenvalue weighted by atomic mass is 9.94. The van der Waals surface area contributed by atoms with Gasteiger partial charge in [-0.25, -0.2) is 9.48 Å². The zero-order valence-corrected chi connectivity index (χ0v) is 29.5. The number of aromatic nitrogens is 4. The number of anilines is 1. The molecular weight excluding hydrogens is 670 g/mol. The fraction of sp³-hybridized carbons (Fsp3) is 0.317. The van der Waals surface area contributed by atoms with Crippen LogP contribution in [0.2, 0.25) is 0 Å². The van der Waals surface area contributed by atoms with Crippen LogP contribution in [0.1, 0.15) is 61.3 Å². The summed E-state index contributed by atoms with van der Waals surface area (Å²) in [5.41, 5.74) is 13.2. The van der Waals surface area contributed by atoms with Gasteiger partial charge < -0.3 is 31.0 Å². The highest BCUT2D eigenvalue weighted by molar-refractivity contribution is 5.92. The summed E-state index contributed by atoms with van der Waals surface area (Å²) >= 11 is 0. The Labute approximate surface area is 307 Å². The molecule has 0 unspecified atom stereocenters. The number of phenols is 1. The van der Waals surface area contributed by atoms with Crippen LogP contribution in [0.5, 0.6) is 5.75 Å². The third-order valence-electron chi connectivity index (χ3n) is 9.99. The number of aliphatic hydroxyl groups excluding tert-OH is 1. The Kier molecular flexibility index (Phi) is 11.1. The molecule has 0 spiro atoms. The molecule has 12 heteroatoms. The highest BCUT2D eigenvalue weighted by atomic mass is 16.6. The third kappa shape index (κ3) is 8.74. The number of carbonyl (C=O) groups excluding carboxylic acids is 1. The molecule has 1 aliphatic rings. The molecule has 7 rings (SSSR count). The minimum Gasteiger partial charge on any atom is -0.506 e. The Morgan fingerprint density at radius 2 is 1.77 bits per heavy atom. The van der Waals surface area contributed by atoms with Crippen molar-refractivity contribution < 1.29 is 19.7 Å². The van der Waals surface area contributed by atoms with Gasteiger partial charge in [-0.05, 0) is 97.5 Å². The van der Waals surface area contributed by atoms with E-state index >= 15 is 0 Å². The summed E-state index contributed by atoms with van der Waals surface area (Å²) in [6.45, 7) is 1.51. The van der Waals surface area contributed by atoms with Gasteiger partial charge in [0.1, 0.15) is 17.4 Å². The van der Waals surface area contributed by atoms with Crippen molar-refractivity contribution in [3.05, 3.63) is 118 Å². The number of aliphatic hydroxyl groups is 1. The van der Waals surface area contributed by atoms with E-state index in [2.05, 4.69) is 44.1 Å². The molecule has 0 aliphatic heterocycles. The Morgan fingerprint density at radius 1 is 0.962 bits per heavy atom. The van der Waals surface area contributed by atoms with Gasteiger partial charge in [-0.3, -0.25) is 10.1 Å². The third-order valence-corrected chi connectivity index (χ3v) is 9.99. The number of rotatable bonds is 13. The number of aromatic amines is 1. The molecule has 2 heterocycles. The van der Waals surface area contributed by atoms with Gasteiger partial charge in [0.2, 0.25) is 5.56 Å². The first kappa shape index (κ1) is 35.8. The van der Waals surface area contributed by atoms with Crippen molar-refractivity contribution in [3.63, 3.8) is 0 Å². The predicted molar refractivity (Wildman–Crippen MR) is 206 cm³/mol. The van der Waals surface area contributed by atoms with Crippen LogP contribution in [0.15, 0.2) is 95.8 Å². The summed E-state index contributed by atoms with van der Waals surface area (Å²) in [7, 11) is 0. The molecule has 0 saturated heterocycles. The molecule has 1 atom stereocenters. The molecule has 7 N–H and O–H groups in total. The van der Waals surface area contributed by atoms with E-state index in [0.717, 1.165) is 90.5 Å². The number of phenolic OH excluding ortho intramolecular Hbond substituents is 1. The van der Waals surface area contributed by atoms with Gasteiger partial charge in [-0.15, -0.1) is 5.10 Å². The van der Waals surface area contributed by atoms with Crippen molar-refractivity contribution in [2.75, 3.05) is 11.9 Å². The predicted octanol–water partition coefficient (Wildman–Crippen LogP) is 6.31. The van der Waals surface area contributed by atoms with Gasteiger partial charge in [-0.2, -0.15) is 0 Å². The SMILES string of the molecule is N[C@H]1CC[C@H](OC(=O)Nc2cc(CCCCn3nnc4cc(CNC[C@H](O)c5ccc(O)c6[nH]c(=O)ccc56)ccc43)ccc2-c2ccccc2)CC1. The van der Waals surface area contributed by atoms with E-state index in [4.69, 9.17) is 10.5 Å². The second kappa shape index (κ2) is 16.4. The Hall–Kier alpha value is -5.56. The molecule has 2 aromatic heterocycles. The Morgan fingerprint density at radius 3 is 2.60 bits per heavy atom. The monoisotopic (exact) mass is 715 g/mol. The van der Waals surface area contributed by atoms with Crippen LogP contribution < -0.4 is 21.9 Å². The minimum absolute atomic E-state index is 0.0416. The lowest BCUT2D eigenvalue weighted by molar-refractivity contribution is 0.0826. The maximum atomic E-state index is 13.0. The molecule has 0 bridgehead atoms.